The Morgan fingerprint density at radius 1 is 1.17 bits per heavy atom. The van der Waals surface area contributed by atoms with Crippen LogP contribution in [0.3, 0.4) is 0 Å². The summed E-state index contributed by atoms with van der Waals surface area (Å²) in [6.07, 6.45) is 0.901. The molecule has 0 spiro atoms. The van der Waals surface area contributed by atoms with Gasteiger partial charge in [-0.15, -0.1) is 0 Å². The molecule has 0 atom stereocenters. The van der Waals surface area contributed by atoms with Gasteiger partial charge in [-0.2, -0.15) is 0 Å². The van der Waals surface area contributed by atoms with E-state index in [-0.39, 0.29) is 5.82 Å². The topological polar surface area (TPSA) is 0 Å². The molecule has 12 heavy (non-hydrogen) atoms. The van der Waals surface area contributed by atoms with Crippen LogP contribution in [-0.2, 0) is 6.42 Å². The van der Waals surface area contributed by atoms with Crippen LogP contribution in [0.5, 0.6) is 0 Å². The summed E-state index contributed by atoms with van der Waals surface area (Å²) in [7, 11) is 0. The zero-order valence-corrected chi connectivity index (χ0v) is 8.32. The van der Waals surface area contributed by atoms with Gasteiger partial charge in [0.2, 0.25) is 0 Å². The normalized spacial score (nSPS) is 8.75. The highest BCUT2D eigenvalue weighted by atomic mass is 19.1. The summed E-state index contributed by atoms with van der Waals surface area (Å²) in [5, 5.41) is 0. The summed E-state index contributed by atoms with van der Waals surface area (Å²) < 4.78 is 12.6. The monoisotopic (exact) mass is 168 g/mol. The molecule has 0 saturated carbocycles. The lowest BCUT2D eigenvalue weighted by atomic mass is 10.1. The first-order valence-corrected chi connectivity index (χ1v) is 4.48. The van der Waals surface area contributed by atoms with Crippen LogP contribution < -0.4 is 0 Å². The van der Waals surface area contributed by atoms with Gasteiger partial charge in [0.1, 0.15) is 5.82 Å². The van der Waals surface area contributed by atoms with Crippen molar-refractivity contribution >= 4 is 0 Å². The van der Waals surface area contributed by atoms with E-state index in [1.807, 2.05) is 33.8 Å². The fourth-order valence-electron chi connectivity index (χ4n) is 1.02. The van der Waals surface area contributed by atoms with E-state index in [0.717, 1.165) is 17.5 Å². The number of benzene rings is 1. The zero-order valence-electron chi connectivity index (χ0n) is 8.32. The summed E-state index contributed by atoms with van der Waals surface area (Å²) in [5.41, 5.74) is 2.06. The molecule has 0 aliphatic rings. The molecule has 0 amide bonds. The maximum atomic E-state index is 12.6. The van der Waals surface area contributed by atoms with Crippen molar-refractivity contribution in [3.8, 4) is 0 Å². The smallest absolute Gasteiger partial charge is 0.123 e. The van der Waals surface area contributed by atoms with Crippen molar-refractivity contribution in [1.82, 2.24) is 0 Å². The molecular weight excluding hydrogens is 151 g/mol. The van der Waals surface area contributed by atoms with Crippen LogP contribution in [-0.4, -0.2) is 0 Å². The Labute approximate surface area is 74.4 Å². The van der Waals surface area contributed by atoms with Gasteiger partial charge in [-0.3, -0.25) is 0 Å². The van der Waals surface area contributed by atoms with E-state index in [1.54, 1.807) is 12.1 Å². The highest BCUT2D eigenvalue weighted by Gasteiger charge is 1.93. The zero-order chi connectivity index (χ0) is 9.56. The van der Waals surface area contributed by atoms with Gasteiger partial charge in [-0.1, -0.05) is 26.8 Å². The predicted molar refractivity (Wildman–Crippen MR) is 51.9 cm³/mol. The average Bonchev–Trinajstić information content (AvgIpc) is 2.06. The number of rotatable bonds is 1. The Morgan fingerprint density at radius 2 is 1.75 bits per heavy atom. The second kappa shape index (κ2) is 5.76. The highest BCUT2D eigenvalue weighted by Crippen LogP contribution is 2.07. The Morgan fingerprint density at radius 3 is 2.17 bits per heavy atom. The predicted octanol–water partition coefficient (Wildman–Crippen LogP) is 3.72. The first-order valence-electron chi connectivity index (χ1n) is 4.48. The van der Waals surface area contributed by atoms with Gasteiger partial charge in [0.15, 0.2) is 0 Å². The lowest BCUT2D eigenvalue weighted by molar-refractivity contribution is 0.624. The second-order valence-electron chi connectivity index (χ2n) is 2.49. The van der Waals surface area contributed by atoms with Gasteiger partial charge in [-0.25, -0.2) is 4.39 Å². The molecule has 0 aliphatic heterocycles. The summed E-state index contributed by atoms with van der Waals surface area (Å²) >= 11 is 0. The van der Waals surface area contributed by atoms with Gasteiger partial charge in [-0.05, 0) is 36.6 Å². The molecule has 1 aromatic rings. The third-order valence-electron chi connectivity index (χ3n) is 1.51. The van der Waals surface area contributed by atoms with Gasteiger partial charge in [0.05, 0.1) is 0 Å². The molecule has 1 rings (SSSR count). The maximum absolute atomic E-state index is 12.6. The van der Waals surface area contributed by atoms with E-state index in [2.05, 4.69) is 0 Å². The standard InChI is InChI=1S/C9H11F.C2H6/c1-3-8-4-7(2)5-9(10)6-8;1-2/h4-6H,3H2,1-2H3;1-2H3. The Balaban J connectivity index is 0.000000561. The van der Waals surface area contributed by atoms with Crippen LogP contribution >= 0.6 is 0 Å². The fourth-order valence-corrected chi connectivity index (χ4v) is 1.02. The highest BCUT2D eigenvalue weighted by molar-refractivity contribution is 5.23. The molecule has 0 fully saturated rings. The van der Waals surface area contributed by atoms with Crippen LogP contribution in [0.2, 0.25) is 0 Å². The summed E-state index contributed by atoms with van der Waals surface area (Å²) in [5.74, 6) is -0.128. The Bertz CT molecular complexity index is 208. The molecule has 0 aliphatic carbocycles. The summed E-state index contributed by atoms with van der Waals surface area (Å²) in [6.45, 7) is 7.93. The number of halogens is 1. The van der Waals surface area contributed by atoms with Gasteiger partial charge >= 0.3 is 0 Å². The summed E-state index contributed by atoms with van der Waals surface area (Å²) in [6, 6.07) is 5.12. The summed E-state index contributed by atoms with van der Waals surface area (Å²) in [4.78, 5) is 0. The Kier molecular flexibility index (Phi) is 5.35. The van der Waals surface area contributed by atoms with Gasteiger partial charge < -0.3 is 0 Å². The molecule has 0 radical (unpaired) electrons. The minimum atomic E-state index is -0.128. The van der Waals surface area contributed by atoms with Crippen LogP contribution in [0.25, 0.3) is 0 Å². The van der Waals surface area contributed by atoms with Crippen molar-refractivity contribution in [1.29, 1.82) is 0 Å². The molecule has 0 saturated heterocycles. The second-order valence-corrected chi connectivity index (χ2v) is 2.49. The van der Waals surface area contributed by atoms with E-state index in [4.69, 9.17) is 0 Å². The third-order valence-corrected chi connectivity index (χ3v) is 1.51. The van der Waals surface area contributed by atoms with Crippen molar-refractivity contribution in [3.05, 3.63) is 35.1 Å². The lowest BCUT2D eigenvalue weighted by Gasteiger charge is -1.97. The third kappa shape index (κ3) is 3.51. The van der Waals surface area contributed by atoms with E-state index in [9.17, 15) is 4.39 Å². The molecule has 1 aromatic carbocycles. The van der Waals surface area contributed by atoms with E-state index in [1.165, 1.54) is 0 Å². The van der Waals surface area contributed by atoms with Crippen LogP contribution in [0.1, 0.15) is 31.9 Å². The van der Waals surface area contributed by atoms with Crippen LogP contribution in [0.15, 0.2) is 18.2 Å². The average molecular weight is 168 g/mol. The van der Waals surface area contributed by atoms with Crippen molar-refractivity contribution in [3.63, 3.8) is 0 Å². The Hall–Kier alpha value is -0.850. The molecular formula is C11H17F. The molecule has 0 unspecified atom stereocenters. The SMILES string of the molecule is CC.CCc1cc(C)cc(F)c1. The van der Waals surface area contributed by atoms with E-state index in [0.29, 0.717) is 0 Å². The van der Waals surface area contributed by atoms with Crippen molar-refractivity contribution < 1.29 is 4.39 Å². The molecule has 0 aromatic heterocycles. The van der Waals surface area contributed by atoms with Gasteiger partial charge in [0, 0.05) is 0 Å². The fraction of sp³-hybridized carbons (Fsp3) is 0.455. The van der Waals surface area contributed by atoms with E-state index < -0.39 is 0 Å². The molecule has 0 N–H and O–H groups in total. The molecule has 1 heteroatoms. The number of hydrogen-bond acceptors (Lipinski definition) is 0. The number of aryl methyl sites for hydroxylation is 2. The molecule has 0 heterocycles. The maximum Gasteiger partial charge on any atom is 0.123 e. The first-order chi connectivity index (χ1) is 5.72. The van der Waals surface area contributed by atoms with Crippen LogP contribution in [0.4, 0.5) is 4.39 Å². The van der Waals surface area contributed by atoms with Crippen molar-refractivity contribution in [2.75, 3.05) is 0 Å². The first kappa shape index (κ1) is 11.2. The molecule has 0 bridgehead atoms. The lowest BCUT2D eigenvalue weighted by Crippen LogP contribution is -1.84. The minimum absolute atomic E-state index is 0.128. The van der Waals surface area contributed by atoms with Crippen LogP contribution in [0, 0.1) is 12.7 Å². The molecule has 0 nitrogen and oxygen atoms in total. The largest absolute Gasteiger partial charge is 0.207 e. The minimum Gasteiger partial charge on any atom is -0.207 e. The van der Waals surface area contributed by atoms with Crippen molar-refractivity contribution in [2.45, 2.75) is 34.1 Å². The molecule has 68 valence electrons. The van der Waals surface area contributed by atoms with Gasteiger partial charge in [0.25, 0.3) is 0 Å². The number of hydrogen-bond donors (Lipinski definition) is 0. The van der Waals surface area contributed by atoms with Crippen molar-refractivity contribution in [2.24, 2.45) is 0 Å². The van der Waals surface area contributed by atoms with E-state index >= 15 is 0 Å². The quantitative estimate of drug-likeness (QED) is 0.599.